The highest BCUT2D eigenvalue weighted by molar-refractivity contribution is 7.80. The smallest absolute Gasteiger partial charge is 0.351 e. The Kier molecular flexibility index (Phi) is 5.69. The normalized spacial score (nSPS) is 17.0. The van der Waals surface area contributed by atoms with Crippen LogP contribution in [0.15, 0.2) is 65.9 Å². The number of alkyl halides is 3. The minimum Gasteiger partial charge on any atom is -0.351 e. The average molecular weight is 405 g/mol. The van der Waals surface area contributed by atoms with Crippen molar-refractivity contribution in [3.8, 4) is 0 Å². The number of rotatable bonds is 4. The molecule has 0 saturated heterocycles. The molecule has 2 aromatic carbocycles. The Balaban J connectivity index is 1.95. The predicted octanol–water partition coefficient (Wildman–Crippen LogP) is 3.81. The molecular weight excluding hydrogens is 387 g/mol. The lowest BCUT2D eigenvalue weighted by molar-refractivity contribution is -0.138. The number of allylic oxidation sites excluding steroid dienone is 1. The topological polar surface area (TPSA) is 53.2 Å². The van der Waals surface area contributed by atoms with Gasteiger partial charge in [-0.05, 0) is 36.3 Å². The number of amides is 1. The molecule has 0 fully saturated rings. The number of hydrogen-bond acceptors (Lipinski definition) is 2. The van der Waals surface area contributed by atoms with E-state index in [1.165, 1.54) is 18.2 Å². The van der Waals surface area contributed by atoms with Gasteiger partial charge in [-0.1, -0.05) is 48.5 Å². The fraction of sp³-hybridized carbons (Fsp3) is 0.200. The van der Waals surface area contributed by atoms with E-state index in [2.05, 4.69) is 16.0 Å². The van der Waals surface area contributed by atoms with Gasteiger partial charge in [0.1, 0.15) is 0 Å². The fourth-order valence-electron chi connectivity index (χ4n) is 3.11. The van der Waals surface area contributed by atoms with Gasteiger partial charge in [0, 0.05) is 12.2 Å². The third kappa shape index (κ3) is 4.33. The molecule has 3 N–H and O–H groups in total. The van der Waals surface area contributed by atoms with Crippen molar-refractivity contribution in [3.63, 3.8) is 0 Å². The van der Waals surface area contributed by atoms with E-state index in [-0.39, 0.29) is 22.8 Å². The Morgan fingerprint density at radius 1 is 1.11 bits per heavy atom. The zero-order valence-electron chi connectivity index (χ0n) is 14.9. The van der Waals surface area contributed by atoms with Gasteiger partial charge in [-0.15, -0.1) is 0 Å². The van der Waals surface area contributed by atoms with Gasteiger partial charge >= 0.3 is 6.18 Å². The van der Waals surface area contributed by atoms with Crippen LogP contribution >= 0.6 is 12.2 Å². The van der Waals surface area contributed by atoms with Gasteiger partial charge in [0.2, 0.25) is 0 Å². The van der Waals surface area contributed by atoms with Gasteiger partial charge < -0.3 is 16.0 Å². The zero-order chi connectivity index (χ0) is 20.3. The summed E-state index contributed by atoms with van der Waals surface area (Å²) in [5.74, 6) is -0.467. The quantitative estimate of drug-likeness (QED) is 0.677. The molecule has 146 valence electrons. The largest absolute Gasteiger partial charge is 0.416 e. The van der Waals surface area contributed by atoms with Crippen LogP contribution < -0.4 is 16.0 Å². The molecule has 0 radical (unpaired) electrons. The standard InChI is InChI=1S/C20H18F3N3OS/c1-12-16(18(27)24-11-13-7-3-2-4-8-13)17(26-19(28)25-12)14-9-5-6-10-15(14)20(21,22)23/h2-10,17H,11H2,1H3,(H,24,27)(H2,25,26,28)/t17-/m0/s1. The van der Waals surface area contributed by atoms with Crippen molar-refractivity contribution < 1.29 is 18.0 Å². The van der Waals surface area contributed by atoms with E-state index in [9.17, 15) is 18.0 Å². The molecule has 2 aromatic rings. The lowest BCUT2D eigenvalue weighted by Gasteiger charge is -2.31. The van der Waals surface area contributed by atoms with Gasteiger partial charge in [0.15, 0.2) is 5.11 Å². The Morgan fingerprint density at radius 2 is 1.75 bits per heavy atom. The Labute approximate surface area is 165 Å². The van der Waals surface area contributed by atoms with E-state index in [0.29, 0.717) is 5.70 Å². The van der Waals surface area contributed by atoms with Crippen molar-refractivity contribution in [2.45, 2.75) is 25.7 Å². The zero-order valence-corrected chi connectivity index (χ0v) is 15.7. The summed E-state index contributed by atoms with van der Waals surface area (Å²) in [6, 6.07) is 13.4. The summed E-state index contributed by atoms with van der Waals surface area (Å²) in [5.41, 5.74) is 0.604. The van der Waals surface area contributed by atoms with E-state index in [0.717, 1.165) is 11.6 Å². The highest BCUT2D eigenvalue weighted by Gasteiger charge is 2.38. The van der Waals surface area contributed by atoms with E-state index in [4.69, 9.17) is 12.2 Å². The maximum Gasteiger partial charge on any atom is 0.416 e. The SMILES string of the molecule is CC1=C(C(=O)NCc2ccccc2)[C@H](c2ccccc2C(F)(F)F)NC(=S)N1. The third-order valence-electron chi connectivity index (χ3n) is 4.39. The Morgan fingerprint density at radius 3 is 2.43 bits per heavy atom. The van der Waals surface area contributed by atoms with Crippen LogP contribution in [0.2, 0.25) is 0 Å². The summed E-state index contributed by atoms with van der Waals surface area (Å²) >= 11 is 5.11. The first-order valence-electron chi connectivity index (χ1n) is 8.54. The number of halogens is 3. The minimum absolute atomic E-state index is 0.0527. The summed E-state index contributed by atoms with van der Waals surface area (Å²) in [5, 5.41) is 8.57. The highest BCUT2D eigenvalue weighted by atomic mass is 32.1. The van der Waals surface area contributed by atoms with Crippen molar-refractivity contribution in [3.05, 3.63) is 82.6 Å². The maximum absolute atomic E-state index is 13.5. The van der Waals surface area contributed by atoms with Crippen LogP contribution in [0.1, 0.15) is 29.7 Å². The molecule has 4 nitrogen and oxygen atoms in total. The van der Waals surface area contributed by atoms with E-state index < -0.39 is 23.7 Å². The van der Waals surface area contributed by atoms with Gasteiger partial charge in [-0.3, -0.25) is 4.79 Å². The molecule has 1 amide bonds. The molecule has 0 spiro atoms. The number of thiocarbonyl (C=S) groups is 1. The molecule has 0 aliphatic carbocycles. The molecule has 1 heterocycles. The first kappa shape index (κ1) is 19.9. The second-order valence-electron chi connectivity index (χ2n) is 6.32. The molecule has 0 unspecified atom stereocenters. The summed E-state index contributed by atoms with van der Waals surface area (Å²) in [7, 11) is 0. The number of nitrogens with one attached hydrogen (secondary N) is 3. The lowest BCUT2D eigenvalue weighted by Crippen LogP contribution is -2.47. The molecule has 0 aromatic heterocycles. The summed E-state index contributed by atoms with van der Waals surface area (Å²) in [6.45, 7) is 1.88. The second-order valence-corrected chi connectivity index (χ2v) is 6.73. The monoisotopic (exact) mass is 405 g/mol. The van der Waals surface area contributed by atoms with E-state index >= 15 is 0 Å². The van der Waals surface area contributed by atoms with Crippen molar-refractivity contribution in [2.24, 2.45) is 0 Å². The Bertz CT molecular complexity index is 926. The highest BCUT2D eigenvalue weighted by Crippen LogP contribution is 2.37. The molecule has 3 rings (SSSR count). The lowest BCUT2D eigenvalue weighted by atomic mass is 9.91. The number of hydrogen-bond donors (Lipinski definition) is 3. The van der Waals surface area contributed by atoms with Gasteiger partial charge in [-0.2, -0.15) is 13.2 Å². The molecule has 0 saturated carbocycles. The molecule has 0 bridgehead atoms. The maximum atomic E-state index is 13.5. The van der Waals surface area contributed by atoms with Crippen molar-refractivity contribution in [1.82, 2.24) is 16.0 Å². The van der Waals surface area contributed by atoms with E-state index in [1.807, 2.05) is 30.3 Å². The average Bonchev–Trinajstić information content (AvgIpc) is 2.65. The molecule has 1 aliphatic rings. The molecule has 1 atom stereocenters. The predicted molar refractivity (Wildman–Crippen MR) is 104 cm³/mol. The van der Waals surface area contributed by atoms with Crippen LogP contribution in [-0.4, -0.2) is 11.0 Å². The summed E-state index contributed by atoms with van der Waals surface area (Å²) < 4.78 is 40.5. The molecular formula is C20H18F3N3OS. The summed E-state index contributed by atoms with van der Waals surface area (Å²) in [4.78, 5) is 12.9. The first-order chi connectivity index (χ1) is 13.3. The van der Waals surface area contributed by atoms with Gasteiger partial charge in [0.25, 0.3) is 5.91 Å². The van der Waals surface area contributed by atoms with Crippen molar-refractivity contribution in [1.29, 1.82) is 0 Å². The molecule has 8 heteroatoms. The van der Waals surface area contributed by atoms with Crippen LogP contribution in [0.3, 0.4) is 0 Å². The molecule has 1 aliphatic heterocycles. The van der Waals surface area contributed by atoms with Crippen molar-refractivity contribution in [2.75, 3.05) is 0 Å². The van der Waals surface area contributed by atoms with Crippen LogP contribution in [0.25, 0.3) is 0 Å². The molecule has 28 heavy (non-hydrogen) atoms. The van der Waals surface area contributed by atoms with Crippen LogP contribution in [0, 0.1) is 0 Å². The fourth-order valence-corrected chi connectivity index (χ4v) is 3.38. The van der Waals surface area contributed by atoms with Crippen LogP contribution in [0.5, 0.6) is 0 Å². The van der Waals surface area contributed by atoms with E-state index in [1.54, 1.807) is 6.92 Å². The van der Waals surface area contributed by atoms with Crippen molar-refractivity contribution >= 4 is 23.2 Å². The minimum atomic E-state index is -4.55. The first-order valence-corrected chi connectivity index (χ1v) is 8.94. The number of benzene rings is 2. The van der Waals surface area contributed by atoms with Gasteiger partial charge in [-0.25, -0.2) is 0 Å². The number of carbonyl (C=O) groups excluding carboxylic acids is 1. The van der Waals surface area contributed by atoms with Crippen LogP contribution in [0.4, 0.5) is 13.2 Å². The Hall–Kier alpha value is -2.87. The third-order valence-corrected chi connectivity index (χ3v) is 4.61. The second kappa shape index (κ2) is 8.02. The summed E-state index contributed by atoms with van der Waals surface area (Å²) in [6.07, 6.45) is -4.55. The number of carbonyl (C=O) groups is 1. The van der Waals surface area contributed by atoms with Crippen LogP contribution in [-0.2, 0) is 17.5 Å². The van der Waals surface area contributed by atoms with Gasteiger partial charge in [0.05, 0.1) is 17.2 Å².